The summed E-state index contributed by atoms with van der Waals surface area (Å²) in [7, 11) is 0. The van der Waals surface area contributed by atoms with Crippen molar-refractivity contribution in [1.29, 1.82) is 0 Å². The zero-order chi connectivity index (χ0) is 9.26. The molecule has 0 bridgehead atoms. The molecule has 0 amide bonds. The molecule has 0 aliphatic heterocycles. The lowest BCUT2D eigenvalue weighted by atomic mass is 10.2. The van der Waals surface area contributed by atoms with Crippen molar-refractivity contribution < 1.29 is 0 Å². The zero-order valence-electron chi connectivity index (χ0n) is 6.92. The Balaban J connectivity index is 2.52. The topological polar surface area (TPSA) is 41.8 Å². The van der Waals surface area contributed by atoms with Gasteiger partial charge in [0.1, 0.15) is 5.82 Å². The summed E-state index contributed by atoms with van der Waals surface area (Å²) in [6.07, 6.45) is 0. The minimum Gasteiger partial charge on any atom is -0.385 e. The first-order valence-corrected chi connectivity index (χ1v) is 4.34. The van der Waals surface area contributed by atoms with Gasteiger partial charge in [-0.25, -0.2) is 0 Å². The first-order valence-electron chi connectivity index (χ1n) is 3.97. The van der Waals surface area contributed by atoms with Crippen molar-refractivity contribution >= 4 is 17.4 Å². The molecule has 3 N–H and O–H groups in total. The Labute approximate surface area is 81.3 Å². The van der Waals surface area contributed by atoms with Gasteiger partial charge in [0, 0.05) is 16.3 Å². The van der Waals surface area contributed by atoms with E-state index in [-0.39, 0.29) is 0 Å². The van der Waals surface area contributed by atoms with E-state index >= 15 is 0 Å². The average Bonchev–Trinajstić information content (AvgIpc) is 2.53. The summed E-state index contributed by atoms with van der Waals surface area (Å²) in [6, 6.07) is 11.4. The molecule has 0 aliphatic carbocycles. The van der Waals surface area contributed by atoms with E-state index in [1.165, 1.54) is 0 Å². The highest BCUT2D eigenvalue weighted by molar-refractivity contribution is 6.33. The highest BCUT2D eigenvalue weighted by Gasteiger charge is 2.02. The molecule has 0 aliphatic rings. The molecule has 66 valence electrons. The third-order valence-corrected chi connectivity index (χ3v) is 2.20. The van der Waals surface area contributed by atoms with Gasteiger partial charge in [0.25, 0.3) is 0 Å². The first kappa shape index (κ1) is 8.20. The number of aromatic nitrogens is 1. The Bertz CT molecular complexity index is 420. The van der Waals surface area contributed by atoms with Crippen LogP contribution in [0.1, 0.15) is 0 Å². The Morgan fingerprint density at radius 1 is 1.08 bits per heavy atom. The highest BCUT2D eigenvalue weighted by atomic mass is 35.5. The molecule has 2 aromatic rings. The van der Waals surface area contributed by atoms with E-state index in [9.17, 15) is 0 Å². The lowest BCUT2D eigenvalue weighted by Crippen LogP contribution is -1.83. The number of nitrogens with two attached hydrogens (primary N) is 1. The van der Waals surface area contributed by atoms with Crippen molar-refractivity contribution in [3.05, 3.63) is 41.4 Å². The first-order chi connectivity index (χ1) is 6.27. The van der Waals surface area contributed by atoms with Gasteiger partial charge in [0.2, 0.25) is 0 Å². The molecular weight excluding hydrogens is 184 g/mol. The maximum Gasteiger partial charge on any atom is 0.101 e. The van der Waals surface area contributed by atoms with Crippen molar-refractivity contribution in [3.63, 3.8) is 0 Å². The molecule has 0 saturated carbocycles. The van der Waals surface area contributed by atoms with Crippen molar-refractivity contribution in [1.82, 2.24) is 4.98 Å². The van der Waals surface area contributed by atoms with E-state index in [0.717, 1.165) is 16.3 Å². The maximum atomic E-state index is 6.01. The fraction of sp³-hybridized carbons (Fsp3) is 0. The lowest BCUT2D eigenvalue weighted by molar-refractivity contribution is 1.40. The molecule has 3 heteroatoms. The predicted molar refractivity (Wildman–Crippen MR) is 55.7 cm³/mol. The number of halogens is 1. The molecule has 0 fully saturated rings. The molecule has 2 nitrogen and oxygen atoms in total. The van der Waals surface area contributed by atoms with E-state index in [1.54, 1.807) is 0 Å². The number of nitrogen functional groups attached to an aromatic ring is 1. The SMILES string of the molecule is Nc1ccc(-c2ccccc2Cl)[nH]1. The molecule has 0 radical (unpaired) electrons. The van der Waals surface area contributed by atoms with Gasteiger partial charge in [0.15, 0.2) is 0 Å². The number of nitrogens with one attached hydrogen (secondary N) is 1. The van der Waals surface area contributed by atoms with Crippen LogP contribution in [-0.2, 0) is 0 Å². The van der Waals surface area contributed by atoms with Crippen LogP contribution in [0.2, 0.25) is 5.02 Å². The van der Waals surface area contributed by atoms with E-state index in [1.807, 2.05) is 36.4 Å². The number of anilines is 1. The summed E-state index contributed by atoms with van der Waals surface area (Å²) in [5.41, 5.74) is 7.49. The second-order valence-corrected chi connectivity index (χ2v) is 3.21. The maximum absolute atomic E-state index is 6.01. The van der Waals surface area contributed by atoms with Gasteiger partial charge in [0.05, 0.1) is 0 Å². The fourth-order valence-electron chi connectivity index (χ4n) is 1.25. The van der Waals surface area contributed by atoms with Crippen LogP contribution in [0.15, 0.2) is 36.4 Å². The van der Waals surface area contributed by atoms with Gasteiger partial charge in [-0.2, -0.15) is 0 Å². The summed E-state index contributed by atoms with van der Waals surface area (Å²) in [6.45, 7) is 0. The van der Waals surface area contributed by atoms with Crippen LogP contribution in [0.5, 0.6) is 0 Å². The van der Waals surface area contributed by atoms with E-state index < -0.39 is 0 Å². The summed E-state index contributed by atoms with van der Waals surface area (Å²) in [4.78, 5) is 3.03. The second-order valence-electron chi connectivity index (χ2n) is 2.81. The minimum absolute atomic E-state index is 0.648. The summed E-state index contributed by atoms with van der Waals surface area (Å²) < 4.78 is 0. The monoisotopic (exact) mass is 192 g/mol. The van der Waals surface area contributed by atoms with Gasteiger partial charge in [-0.3, -0.25) is 0 Å². The third-order valence-electron chi connectivity index (χ3n) is 1.87. The fourth-order valence-corrected chi connectivity index (χ4v) is 1.49. The highest BCUT2D eigenvalue weighted by Crippen LogP contribution is 2.26. The van der Waals surface area contributed by atoms with Crippen LogP contribution in [0.4, 0.5) is 5.82 Å². The molecule has 0 saturated heterocycles. The Morgan fingerprint density at radius 2 is 1.85 bits per heavy atom. The number of rotatable bonds is 1. The summed E-state index contributed by atoms with van der Waals surface area (Å²) >= 11 is 6.01. The van der Waals surface area contributed by atoms with E-state index in [4.69, 9.17) is 17.3 Å². The lowest BCUT2D eigenvalue weighted by Gasteiger charge is -1.99. The molecule has 2 rings (SSSR count). The Kier molecular flexibility index (Phi) is 1.99. The van der Waals surface area contributed by atoms with Crippen LogP contribution >= 0.6 is 11.6 Å². The van der Waals surface area contributed by atoms with Crippen LogP contribution in [-0.4, -0.2) is 4.98 Å². The number of aromatic amines is 1. The second kappa shape index (κ2) is 3.15. The smallest absolute Gasteiger partial charge is 0.101 e. The van der Waals surface area contributed by atoms with Gasteiger partial charge < -0.3 is 10.7 Å². The molecule has 1 heterocycles. The standard InChI is InChI=1S/C10H9ClN2/c11-8-4-2-1-3-7(8)9-5-6-10(12)13-9/h1-6,13H,12H2. The zero-order valence-corrected chi connectivity index (χ0v) is 7.68. The molecule has 0 atom stereocenters. The molecule has 1 aromatic carbocycles. The van der Waals surface area contributed by atoms with Crippen LogP contribution in [0.3, 0.4) is 0 Å². The molecule has 1 aromatic heterocycles. The van der Waals surface area contributed by atoms with Crippen molar-refractivity contribution in [2.75, 3.05) is 5.73 Å². The summed E-state index contributed by atoms with van der Waals surface area (Å²) in [5.74, 6) is 0.648. The number of benzene rings is 1. The Morgan fingerprint density at radius 3 is 2.46 bits per heavy atom. The number of hydrogen-bond donors (Lipinski definition) is 2. The van der Waals surface area contributed by atoms with Crippen molar-refractivity contribution in [3.8, 4) is 11.3 Å². The van der Waals surface area contributed by atoms with Crippen LogP contribution < -0.4 is 5.73 Å². The molecule has 13 heavy (non-hydrogen) atoms. The van der Waals surface area contributed by atoms with Crippen LogP contribution in [0.25, 0.3) is 11.3 Å². The Hall–Kier alpha value is -1.41. The van der Waals surface area contributed by atoms with Gasteiger partial charge in [-0.15, -0.1) is 0 Å². The normalized spacial score (nSPS) is 10.2. The van der Waals surface area contributed by atoms with Gasteiger partial charge in [-0.1, -0.05) is 29.8 Å². The molecule has 0 spiro atoms. The largest absolute Gasteiger partial charge is 0.385 e. The quantitative estimate of drug-likeness (QED) is 0.717. The molecule has 0 unspecified atom stereocenters. The van der Waals surface area contributed by atoms with Crippen LogP contribution in [0, 0.1) is 0 Å². The van der Waals surface area contributed by atoms with E-state index in [0.29, 0.717) is 5.82 Å². The summed E-state index contributed by atoms with van der Waals surface area (Å²) in [5, 5.41) is 0.726. The van der Waals surface area contributed by atoms with Gasteiger partial charge >= 0.3 is 0 Å². The number of H-pyrrole nitrogens is 1. The molecular formula is C10H9ClN2. The van der Waals surface area contributed by atoms with Crippen molar-refractivity contribution in [2.45, 2.75) is 0 Å². The van der Waals surface area contributed by atoms with Gasteiger partial charge in [-0.05, 0) is 18.2 Å². The minimum atomic E-state index is 0.648. The average molecular weight is 193 g/mol. The van der Waals surface area contributed by atoms with E-state index in [2.05, 4.69) is 4.98 Å². The van der Waals surface area contributed by atoms with Crippen molar-refractivity contribution in [2.24, 2.45) is 0 Å². The predicted octanol–water partition coefficient (Wildman–Crippen LogP) is 2.92. The third kappa shape index (κ3) is 1.53. The number of hydrogen-bond acceptors (Lipinski definition) is 1.